The molecule has 1 aliphatic heterocycles. The van der Waals surface area contributed by atoms with Gasteiger partial charge in [-0.1, -0.05) is 6.92 Å². The highest BCUT2D eigenvalue weighted by Gasteiger charge is 2.28. The minimum atomic E-state index is -0.464. The number of amides is 1. The number of hydrogen-bond acceptors (Lipinski definition) is 4. The molecule has 1 amide bonds. The first-order valence-electron chi connectivity index (χ1n) is 5.84. The van der Waals surface area contributed by atoms with E-state index in [0.29, 0.717) is 11.6 Å². The number of carbonyl (C=O) groups is 1. The van der Waals surface area contributed by atoms with Crippen LogP contribution in [0.4, 0.5) is 11.4 Å². The molecule has 1 fully saturated rings. The summed E-state index contributed by atoms with van der Waals surface area (Å²) in [5, 5.41) is 16.4. The molecular weight excluding hydrogens is 234 g/mol. The van der Waals surface area contributed by atoms with Crippen molar-refractivity contribution in [1.29, 1.82) is 0 Å². The van der Waals surface area contributed by atoms with Crippen molar-refractivity contribution in [1.82, 2.24) is 5.32 Å². The van der Waals surface area contributed by atoms with E-state index in [9.17, 15) is 14.9 Å². The van der Waals surface area contributed by atoms with Gasteiger partial charge in [-0.05, 0) is 31.1 Å². The zero-order chi connectivity index (χ0) is 13.1. The van der Waals surface area contributed by atoms with Crippen molar-refractivity contribution >= 4 is 17.3 Å². The average Bonchev–Trinajstić information content (AvgIpc) is 2.27. The molecule has 0 saturated carbocycles. The van der Waals surface area contributed by atoms with E-state index in [4.69, 9.17) is 0 Å². The normalized spacial score (nSPS) is 16.7. The summed E-state index contributed by atoms with van der Waals surface area (Å²) < 4.78 is 0. The Bertz CT molecular complexity index is 454. The molecule has 0 aliphatic carbocycles. The summed E-state index contributed by atoms with van der Waals surface area (Å²) in [6.07, 6.45) is 0. The van der Waals surface area contributed by atoms with E-state index in [-0.39, 0.29) is 17.5 Å². The van der Waals surface area contributed by atoms with E-state index in [0.717, 1.165) is 13.1 Å². The van der Waals surface area contributed by atoms with Crippen LogP contribution < -0.4 is 10.6 Å². The van der Waals surface area contributed by atoms with Crippen molar-refractivity contribution in [2.45, 2.75) is 6.92 Å². The standard InChI is InChI=1S/C12H15N3O3/c1-8(9-6-13-7-9)12(16)14-10-2-4-11(5-3-10)15(17)18/h2-5,8-9,13H,6-7H2,1H3,(H,14,16). The lowest BCUT2D eigenvalue weighted by atomic mass is 9.88. The summed E-state index contributed by atoms with van der Waals surface area (Å²) in [7, 11) is 0. The van der Waals surface area contributed by atoms with Crippen LogP contribution in [0.1, 0.15) is 6.92 Å². The fourth-order valence-electron chi connectivity index (χ4n) is 1.80. The van der Waals surface area contributed by atoms with Gasteiger partial charge in [-0.2, -0.15) is 0 Å². The van der Waals surface area contributed by atoms with Crippen LogP contribution in [0.5, 0.6) is 0 Å². The van der Waals surface area contributed by atoms with Gasteiger partial charge in [0.25, 0.3) is 5.69 Å². The predicted molar refractivity (Wildman–Crippen MR) is 67.2 cm³/mol. The van der Waals surface area contributed by atoms with Gasteiger partial charge in [-0.25, -0.2) is 0 Å². The molecule has 0 spiro atoms. The van der Waals surface area contributed by atoms with Crippen LogP contribution in [-0.2, 0) is 4.79 Å². The molecule has 1 atom stereocenters. The topological polar surface area (TPSA) is 84.3 Å². The summed E-state index contributed by atoms with van der Waals surface area (Å²) in [5.41, 5.74) is 0.606. The number of carbonyl (C=O) groups excluding carboxylic acids is 1. The van der Waals surface area contributed by atoms with Gasteiger partial charge in [0.05, 0.1) is 4.92 Å². The molecule has 0 bridgehead atoms. The number of hydrogen-bond donors (Lipinski definition) is 2. The van der Waals surface area contributed by atoms with Gasteiger partial charge < -0.3 is 10.6 Å². The number of nitrogens with one attached hydrogen (secondary N) is 2. The molecule has 1 unspecified atom stereocenters. The Kier molecular flexibility index (Phi) is 3.57. The molecule has 1 aromatic carbocycles. The minimum Gasteiger partial charge on any atom is -0.326 e. The van der Waals surface area contributed by atoms with E-state index >= 15 is 0 Å². The zero-order valence-corrected chi connectivity index (χ0v) is 10.1. The Labute approximate surface area is 105 Å². The molecular formula is C12H15N3O3. The lowest BCUT2D eigenvalue weighted by Gasteiger charge is -2.31. The second kappa shape index (κ2) is 5.14. The summed E-state index contributed by atoms with van der Waals surface area (Å²) in [6, 6.07) is 5.85. The van der Waals surface area contributed by atoms with E-state index in [2.05, 4.69) is 10.6 Å². The first kappa shape index (κ1) is 12.5. The number of nitro groups is 1. The number of anilines is 1. The van der Waals surface area contributed by atoms with Crippen LogP contribution in [0.3, 0.4) is 0 Å². The predicted octanol–water partition coefficient (Wildman–Crippen LogP) is 1.39. The van der Waals surface area contributed by atoms with E-state index in [1.165, 1.54) is 12.1 Å². The fourth-order valence-corrected chi connectivity index (χ4v) is 1.80. The molecule has 0 aromatic heterocycles. The highest BCUT2D eigenvalue weighted by Crippen LogP contribution is 2.20. The number of nitro benzene ring substituents is 1. The van der Waals surface area contributed by atoms with Gasteiger partial charge in [0.15, 0.2) is 0 Å². The second-order valence-corrected chi connectivity index (χ2v) is 4.50. The molecule has 6 nitrogen and oxygen atoms in total. The highest BCUT2D eigenvalue weighted by atomic mass is 16.6. The smallest absolute Gasteiger partial charge is 0.269 e. The Morgan fingerprint density at radius 3 is 2.50 bits per heavy atom. The largest absolute Gasteiger partial charge is 0.326 e. The monoisotopic (exact) mass is 249 g/mol. The summed E-state index contributed by atoms with van der Waals surface area (Å²) in [6.45, 7) is 3.63. The number of nitrogens with zero attached hydrogens (tertiary/aromatic N) is 1. The third kappa shape index (κ3) is 2.65. The maximum Gasteiger partial charge on any atom is 0.269 e. The molecule has 1 aliphatic rings. The number of rotatable bonds is 4. The third-order valence-corrected chi connectivity index (χ3v) is 3.28. The Morgan fingerprint density at radius 1 is 1.44 bits per heavy atom. The van der Waals surface area contributed by atoms with Gasteiger partial charge in [-0.3, -0.25) is 14.9 Å². The van der Waals surface area contributed by atoms with Gasteiger partial charge in [0, 0.05) is 23.7 Å². The molecule has 6 heteroatoms. The van der Waals surface area contributed by atoms with Gasteiger partial charge in [0.1, 0.15) is 0 Å². The molecule has 1 aromatic rings. The van der Waals surface area contributed by atoms with Crippen LogP contribution in [0, 0.1) is 22.0 Å². The van der Waals surface area contributed by atoms with Gasteiger partial charge in [-0.15, -0.1) is 0 Å². The molecule has 1 heterocycles. The quantitative estimate of drug-likeness (QED) is 0.623. The lowest BCUT2D eigenvalue weighted by molar-refractivity contribution is -0.384. The number of benzene rings is 1. The van der Waals surface area contributed by atoms with Crippen LogP contribution in [-0.4, -0.2) is 23.9 Å². The maximum absolute atomic E-state index is 11.9. The van der Waals surface area contributed by atoms with Crippen LogP contribution in [0.15, 0.2) is 24.3 Å². The van der Waals surface area contributed by atoms with Crippen molar-refractivity contribution in [3.63, 3.8) is 0 Å². The summed E-state index contributed by atoms with van der Waals surface area (Å²) >= 11 is 0. The zero-order valence-electron chi connectivity index (χ0n) is 10.1. The molecule has 0 radical (unpaired) electrons. The van der Waals surface area contributed by atoms with Gasteiger partial charge >= 0.3 is 0 Å². The molecule has 18 heavy (non-hydrogen) atoms. The first-order valence-corrected chi connectivity index (χ1v) is 5.84. The number of non-ortho nitro benzene ring substituents is 1. The first-order chi connectivity index (χ1) is 8.58. The lowest BCUT2D eigenvalue weighted by Crippen LogP contribution is -2.48. The van der Waals surface area contributed by atoms with Crippen molar-refractivity contribution in [2.24, 2.45) is 11.8 Å². The van der Waals surface area contributed by atoms with Gasteiger partial charge in [0.2, 0.25) is 5.91 Å². The molecule has 96 valence electrons. The van der Waals surface area contributed by atoms with E-state index < -0.39 is 4.92 Å². The Morgan fingerprint density at radius 2 is 2.06 bits per heavy atom. The Hall–Kier alpha value is -1.95. The van der Waals surface area contributed by atoms with Crippen LogP contribution >= 0.6 is 0 Å². The average molecular weight is 249 g/mol. The minimum absolute atomic E-state index is 0.0178. The van der Waals surface area contributed by atoms with E-state index in [1.54, 1.807) is 12.1 Å². The summed E-state index contributed by atoms with van der Waals surface area (Å²) in [5.74, 6) is 0.278. The van der Waals surface area contributed by atoms with Crippen molar-refractivity contribution < 1.29 is 9.72 Å². The van der Waals surface area contributed by atoms with E-state index in [1.807, 2.05) is 6.92 Å². The SMILES string of the molecule is CC(C(=O)Nc1ccc([N+](=O)[O-])cc1)C1CNC1. The highest BCUT2D eigenvalue weighted by molar-refractivity contribution is 5.92. The van der Waals surface area contributed by atoms with Crippen molar-refractivity contribution in [3.05, 3.63) is 34.4 Å². The fraction of sp³-hybridized carbons (Fsp3) is 0.417. The Balaban J connectivity index is 1.96. The maximum atomic E-state index is 11.9. The molecule has 2 N–H and O–H groups in total. The van der Waals surface area contributed by atoms with Crippen molar-refractivity contribution in [3.8, 4) is 0 Å². The molecule has 2 rings (SSSR count). The summed E-state index contributed by atoms with van der Waals surface area (Å²) in [4.78, 5) is 21.9. The van der Waals surface area contributed by atoms with Crippen LogP contribution in [0.2, 0.25) is 0 Å². The van der Waals surface area contributed by atoms with Crippen LogP contribution in [0.25, 0.3) is 0 Å². The second-order valence-electron chi connectivity index (χ2n) is 4.50. The third-order valence-electron chi connectivity index (χ3n) is 3.28. The van der Waals surface area contributed by atoms with Crippen molar-refractivity contribution in [2.75, 3.05) is 18.4 Å². The molecule has 1 saturated heterocycles.